The number of methoxy groups -OCH3 is 1. The minimum absolute atomic E-state index is 0.0731. The van der Waals surface area contributed by atoms with Gasteiger partial charge in [-0.25, -0.2) is 0 Å². The van der Waals surface area contributed by atoms with Crippen LogP contribution < -0.4 is 0 Å². The number of benzene rings is 2. The van der Waals surface area contributed by atoms with Gasteiger partial charge in [0.15, 0.2) is 5.76 Å². The van der Waals surface area contributed by atoms with Gasteiger partial charge in [0.05, 0.1) is 12.3 Å². The van der Waals surface area contributed by atoms with E-state index < -0.39 is 0 Å². The van der Waals surface area contributed by atoms with Gasteiger partial charge in [-0.3, -0.25) is 4.79 Å². The van der Waals surface area contributed by atoms with E-state index in [4.69, 9.17) is 9.26 Å². The predicted molar refractivity (Wildman–Crippen MR) is 103 cm³/mol. The van der Waals surface area contributed by atoms with Crippen molar-refractivity contribution >= 4 is 5.91 Å². The highest BCUT2D eigenvalue weighted by Crippen LogP contribution is 2.25. The molecule has 27 heavy (non-hydrogen) atoms. The number of rotatable bonds is 4. The zero-order valence-corrected chi connectivity index (χ0v) is 15.3. The summed E-state index contributed by atoms with van der Waals surface area (Å²) >= 11 is 0. The number of hydrogen-bond donors (Lipinski definition) is 0. The zero-order valence-electron chi connectivity index (χ0n) is 15.3. The van der Waals surface area contributed by atoms with Gasteiger partial charge in [0.2, 0.25) is 0 Å². The van der Waals surface area contributed by atoms with Crippen molar-refractivity contribution in [3.05, 3.63) is 66.4 Å². The first kappa shape index (κ1) is 17.5. The zero-order chi connectivity index (χ0) is 18.6. The Labute approximate surface area is 158 Å². The van der Waals surface area contributed by atoms with Gasteiger partial charge in [-0.05, 0) is 36.1 Å². The Morgan fingerprint density at radius 1 is 1.04 bits per heavy atom. The molecule has 1 amide bonds. The van der Waals surface area contributed by atoms with E-state index in [-0.39, 0.29) is 12.0 Å². The summed E-state index contributed by atoms with van der Waals surface area (Å²) in [6.07, 6.45) is 3.78. The Hall–Kier alpha value is -2.92. The molecule has 138 valence electrons. The van der Waals surface area contributed by atoms with Crippen LogP contribution in [0.3, 0.4) is 0 Å². The van der Waals surface area contributed by atoms with E-state index in [0.717, 1.165) is 41.8 Å². The molecular weight excluding hydrogens is 340 g/mol. The van der Waals surface area contributed by atoms with Crippen molar-refractivity contribution in [2.45, 2.75) is 18.9 Å². The normalized spacial score (nSPS) is 17.1. The van der Waals surface area contributed by atoms with Gasteiger partial charge in [0.25, 0.3) is 5.91 Å². The van der Waals surface area contributed by atoms with Gasteiger partial charge in [-0.1, -0.05) is 41.6 Å². The molecule has 2 heterocycles. The molecule has 0 saturated carbocycles. The van der Waals surface area contributed by atoms with Crippen molar-refractivity contribution < 1.29 is 14.1 Å². The number of hydrogen-bond acceptors (Lipinski definition) is 4. The third-order valence-corrected chi connectivity index (χ3v) is 5.07. The maximum absolute atomic E-state index is 12.7. The quantitative estimate of drug-likeness (QED) is 0.696. The molecule has 5 nitrogen and oxygen atoms in total. The van der Waals surface area contributed by atoms with Gasteiger partial charge in [0, 0.05) is 37.4 Å². The number of piperidine rings is 1. The highest BCUT2D eigenvalue weighted by Gasteiger charge is 2.24. The number of ether oxygens (including phenoxy) is 1. The molecule has 2 aromatic carbocycles. The average Bonchev–Trinajstić information content (AvgIpc) is 3.28. The van der Waals surface area contributed by atoms with E-state index in [2.05, 4.69) is 5.16 Å². The number of aromatic nitrogens is 1. The fraction of sp³-hybridized carbons (Fsp3) is 0.273. The van der Waals surface area contributed by atoms with Crippen LogP contribution in [0.15, 0.2) is 65.3 Å². The molecular formula is C22H22N2O3. The monoisotopic (exact) mass is 362 g/mol. The van der Waals surface area contributed by atoms with Crippen LogP contribution in [0.4, 0.5) is 0 Å². The van der Waals surface area contributed by atoms with E-state index in [0.29, 0.717) is 12.1 Å². The molecule has 1 saturated heterocycles. The molecule has 5 heteroatoms. The van der Waals surface area contributed by atoms with Crippen LogP contribution in [0.1, 0.15) is 23.2 Å². The lowest BCUT2D eigenvalue weighted by Crippen LogP contribution is -2.42. The Balaban J connectivity index is 1.48. The maximum Gasteiger partial charge on any atom is 0.253 e. The van der Waals surface area contributed by atoms with Gasteiger partial charge >= 0.3 is 0 Å². The van der Waals surface area contributed by atoms with Crippen molar-refractivity contribution in [1.82, 2.24) is 10.1 Å². The summed E-state index contributed by atoms with van der Waals surface area (Å²) in [5.41, 5.74) is 3.87. The summed E-state index contributed by atoms with van der Waals surface area (Å²) < 4.78 is 10.6. The Kier molecular flexibility index (Phi) is 5.03. The Morgan fingerprint density at radius 2 is 1.70 bits per heavy atom. The van der Waals surface area contributed by atoms with E-state index in [1.165, 1.54) is 0 Å². The summed E-state index contributed by atoms with van der Waals surface area (Å²) in [6.45, 7) is 1.46. The Morgan fingerprint density at radius 3 is 2.33 bits per heavy atom. The SMILES string of the molecule is CO[C@@H]1CCCN(C(=O)c2ccc(-c3ccc(-c4ccno4)cc3)cc2)C1. The molecule has 1 fully saturated rings. The largest absolute Gasteiger partial charge is 0.380 e. The molecule has 0 N–H and O–H groups in total. The lowest BCUT2D eigenvalue weighted by Gasteiger charge is -2.32. The van der Waals surface area contributed by atoms with Gasteiger partial charge in [-0.15, -0.1) is 0 Å². The number of carbonyl (C=O) groups is 1. The topological polar surface area (TPSA) is 55.6 Å². The molecule has 1 aliphatic heterocycles. The molecule has 0 bridgehead atoms. The third-order valence-electron chi connectivity index (χ3n) is 5.07. The summed E-state index contributed by atoms with van der Waals surface area (Å²) in [7, 11) is 1.71. The first-order valence-electron chi connectivity index (χ1n) is 9.18. The van der Waals surface area contributed by atoms with Gasteiger partial charge < -0.3 is 14.2 Å². The molecule has 0 radical (unpaired) electrons. The second-order valence-electron chi connectivity index (χ2n) is 6.78. The van der Waals surface area contributed by atoms with Gasteiger partial charge in [0.1, 0.15) is 0 Å². The molecule has 4 rings (SSSR count). The van der Waals surface area contributed by atoms with Crippen LogP contribution in [0.5, 0.6) is 0 Å². The van der Waals surface area contributed by atoms with Crippen LogP contribution in [0.2, 0.25) is 0 Å². The number of carbonyl (C=O) groups excluding carboxylic acids is 1. The number of amides is 1. The standard InChI is InChI=1S/C22H22N2O3/c1-26-20-3-2-14-24(15-20)22(25)19-10-6-17(7-11-19)16-4-8-18(9-5-16)21-12-13-23-27-21/h4-13,20H,2-3,14-15H2,1H3/t20-/m1/s1. The second-order valence-corrected chi connectivity index (χ2v) is 6.78. The smallest absolute Gasteiger partial charge is 0.253 e. The van der Waals surface area contributed by atoms with Crippen molar-refractivity contribution in [2.75, 3.05) is 20.2 Å². The minimum Gasteiger partial charge on any atom is -0.380 e. The van der Waals surface area contributed by atoms with Crippen molar-refractivity contribution in [3.63, 3.8) is 0 Å². The van der Waals surface area contributed by atoms with E-state index >= 15 is 0 Å². The lowest BCUT2D eigenvalue weighted by atomic mass is 10.0. The molecule has 0 aliphatic carbocycles. The molecule has 1 aromatic heterocycles. The summed E-state index contributed by atoms with van der Waals surface area (Å²) in [6, 6.07) is 17.7. The third kappa shape index (κ3) is 3.78. The van der Waals surface area contributed by atoms with E-state index in [9.17, 15) is 4.79 Å². The molecule has 3 aromatic rings. The lowest BCUT2D eigenvalue weighted by molar-refractivity contribution is 0.0269. The fourth-order valence-electron chi connectivity index (χ4n) is 3.49. The van der Waals surface area contributed by atoms with Crippen molar-refractivity contribution in [1.29, 1.82) is 0 Å². The summed E-state index contributed by atoms with van der Waals surface area (Å²) in [5.74, 6) is 0.822. The molecule has 1 atom stereocenters. The highest BCUT2D eigenvalue weighted by atomic mass is 16.5. The van der Waals surface area contributed by atoms with Crippen LogP contribution in [-0.2, 0) is 4.74 Å². The summed E-state index contributed by atoms with van der Waals surface area (Å²) in [4.78, 5) is 14.6. The minimum atomic E-state index is 0.0731. The molecule has 0 spiro atoms. The van der Waals surface area contributed by atoms with E-state index in [1.54, 1.807) is 13.3 Å². The number of likely N-dealkylation sites (tertiary alicyclic amines) is 1. The van der Waals surface area contributed by atoms with Crippen LogP contribution in [0.25, 0.3) is 22.5 Å². The van der Waals surface area contributed by atoms with E-state index in [1.807, 2.05) is 59.5 Å². The molecule has 1 aliphatic rings. The summed E-state index contributed by atoms with van der Waals surface area (Å²) in [5, 5.41) is 3.74. The average molecular weight is 362 g/mol. The van der Waals surface area contributed by atoms with Crippen LogP contribution in [-0.4, -0.2) is 42.3 Å². The van der Waals surface area contributed by atoms with Crippen molar-refractivity contribution in [2.24, 2.45) is 0 Å². The Bertz CT molecular complexity index is 886. The maximum atomic E-state index is 12.7. The number of nitrogens with zero attached hydrogens (tertiary/aromatic N) is 2. The van der Waals surface area contributed by atoms with Crippen LogP contribution >= 0.6 is 0 Å². The predicted octanol–water partition coefficient (Wildman–Crippen LogP) is 4.26. The first-order valence-corrected chi connectivity index (χ1v) is 9.18. The van der Waals surface area contributed by atoms with Crippen LogP contribution in [0, 0.1) is 0 Å². The fourth-order valence-corrected chi connectivity index (χ4v) is 3.49. The highest BCUT2D eigenvalue weighted by molar-refractivity contribution is 5.94. The molecule has 0 unspecified atom stereocenters. The second kappa shape index (κ2) is 7.76. The van der Waals surface area contributed by atoms with Gasteiger partial charge in [-0.2, -0.15) is 0 Å². The first-order chi connectivity index (χ1) is 13.2. The van der Waals surface area contributed by atoms with Crippen molar-refractivity contribution in [3.8, 4) is 22.5 Å².